The molecule has 2 rings (SSSR count). The number of nitrogens with zero attached hydrogens (tertiary/aromatic N) is 2. The highest BCUT2D eigenvalue weighted by molar-refractivity contribution is 5.41. The largest absolute Gasteiger partial charge is 0.369 e. The molecule has 1 fully saturated rings. The average molecular weight is 177 g/mol. The van der Waals surface area contributed by atoms with Crippen LogP contribution >= 0.6 is 0 Å². The fraction of sp³-hybridized carbons (Fsp3) is 0.600. The number of nitrogens with one attached hydrogen (secondary N) is 1. The molecule has 0 radical (unpaired) electrons. The molecule has 1 aromatic heterocycles. The van der Waals surface area contributed by atoms with Gasteiger partial charge in [-0.1, -0.05) is 6.42 Å². The zero-order valence-corrected chi connectivity index (χ0v) is 7.95. The summed E-state index contributed by atoms with van der Waals surface area (Å²) in [6.07, 6.45) is 7.43. The van der Waals surface area contributed by atoms with Crippen LogP contribution in [0.5, 0.6) is 0 Å². The van der Waals surface area contributed by atoms with Crippen molar-refractivity contribution < 1.29 is 0 Å². The molecule has 70 valence electrons. The number of aromatic nitrogens is 2. The number of rotatable bonds is 3. The molecule has 3 nitrogen and oxygen atoms in total. The van der Waals surface area contributed by atoms with Crippen molar-refractivity contribution in [2.75, 3.05) is 11.9 Å². The molecular weight excluding hydrogens is 162 g/mol. The Kier molecular flexibility index (Phi) is 2.43. The minimum atomic E-state index is 0.655. The minimum Gasteiger partial charge on any atom is -0.369 e. The van der Waals surface area contributed by atoms with E-state index in [0.717, 1.165) is 18.1 Å². The van der Waals surface area contributed by atoms with Gasteiger partial charge in [-0.3, -0.25) is 4.98 Å². The van der Waals surface area contributed by atoms with Crippen molar-refractivity contribution in [1.29, 1.82) is 0 Å². The van der Waals surface area contributed by atoms with E-state index in [4.69, 9.17) is 0 Å². The van der Waals surface area contributed by atoms with E-state index in [0.29, 0.717) is 5.92 Å². The fourth-order valence-electron chi connectivity index (χ4n) is 1.63. The Morgan fingerprint density at radius 1 is 1.38 bits per heavy atom. The lowest BCUT2D eigenvalue weighted by Gasteiger charge is -2.25. The van der Waals surface area contributed by atoms with E-state index in [1.54, 1.807) is 12.4 Å². The summed E-state index contributed by atoms with van der Waals surface area (Å²) in [6.45, 7) is 3.00. The van der Waals surface area contributed by atoms with Gasteiger partial charge in [-0.05, 0) is 19.8 Å². The van der Waals surface area contributed by atoms with Gasteiger partial charge in [0.05, 0.1) is 5.69 Å². The van der Waals surface area contributed by atoms with E-state index in [2.05, 4.69) is 22.2 Å². The summed E-state index contributed by atoms with van der Waals surface area (Å²) in [7, 11) is 0. The maximum atomic E-state index is 4.39. The predicted octanol–water partition coefficient (Wildman–Crippen LogP) is 2.18. The molecule has 0 unspecified atom stereocenters. The lowest BCUT2D eigenvalue weighted by molar-refractivity contribution is 0.411. The Morgan fingerprint density at radius 3 is 2.77 bits per heavy atom. The number of hydrogen-bond acceptors (Lipinski definition) is 3. The second kappa shape index (κ2) is 3.73. The Bertz CT molecular complexity index is 281. The molecule has 0 bridgehead atoms. The lowest BCUT2D eigenvalue weighted by atomic mass is 9.82. The van der Waals surface area contributed by atoms with Crippen LogP contribution in [0.15, 0.2) is 12.4 Å². The van der Waals surface area contributed by atoms with Crippen LogP contribution in [0.1, 0.15) is 37.8 Å². The quantitative estimate of drug-likeness (QED) is 0.769. The standard InChI is InChI=1S/C10H15N3/c1-2-11-10-9(8-4-3-5-8)12-6-7-13-10/h6-8H,2-5H2,1H3,(H,11,13). The third kappa shape index (κ3) is 1.64. The molecule has 0 aliphatic heterocycles. The van der Waals surface area contributed by atoms with Crippen LogP contribution in [0, 0.1) is 0 Å². The molecule has 0 spiro atoms. The van der Waals surface area contributed by atoms with Gasteiger partial charge in [-0.15, -0.1) is 0 Å². The lowest BCUT2D eigenvalue weighted by Crippen LogP contribution is -2.14. The van der Waals surface area contributed by atoms with Gasteiger partial charge in [-0.25, -0.2) is 4.98 Å². The Hall–Kier alpha value is -1.12. The second-order valence-electron chi connectivity index (χ2n) is 3.45. The van der Waals surface area contributed by atoms with Gasteiger partial charge in [0.2, 0.25) is 0 Å². The van der Waals surface area contributed by atoms with E-state index in [9.17, 15) is 0 Å². The van der Waals surface area contributed by atoms with Crippen LogP contribution < -0.4 is 5.32 Å². The third-order valence-electron chi connectivity index (χ3n) is 2.56. The van der Waals surface area contributed by atoms with Crippen molar-refractivity contribution in [2.24, 2.45) is 0 Å². The molecule has 1 saturated carbocycles. The summed E-state index contributed by atoms with van der Waals surface area (Å²) >= 11 is 0. The molecule has 0 amide bonds. The molecule has 3 heteroatoms. The van der Waals surface area contributed by atoms with Gasteiger partial charge in [-0.2, -0.15) is 0 Å². The van der Waals surface area contributed by atoms with Gasteiger partial charge in [0.15, 0.2) is 0 Å². The van der Waals surface area contributed by atoms with Gasteiger partial charge in [0.1, 0.15) is 5.82 Å². The first kappa shape index (κ1) is 8.48. The number of hydrogen-bond donors (Lipinski definition) is 1. The highest BCUT2D eigenvalue weighted by Crippen LogP contribution is 2.37. The molecule has 0 atom stereocenters. The maximum Gasteiger partial charge on any atom is 0.148 e. The normalized spacial score (nSPS) is 16.7. The summed E-state index contributed by atoms with van der Waals surface area (Å²) in [5.74, 6) is 1.64. The molecular formula is C10H15N3. The van der Waals surface area contributed by atoms with E-state index >= 15 is 0 Å². The Labute approximate surface area is 78.6 Å². The van der Waals surface area contributed by atoms with Crippen molar-refractivity contribution in [3.05, 3.63) is 18.1 Å². The zero-order chi connectivity index (χ0) is 9.10. The second-order valence-corrected chi connectivity index (χ2v) is 3.45. The maximum absolute atomic E-state index is 4.39. The van der Waals surface area contributed by atoms with Crippen LogP contribution in [-0.2, 0) is 0 Å². The first-order chi connectivity index (χ1) is 6.42. The van der Waals surface area contributed by atoms with Gasteiger partial charge in [0, 0.05) is 24.9 Å². The van der Waals surface area contributed by atoms with E-state index in [1.165, 1.54) is 19.3 Å². The molecule has 0 saturated heterocycles. The fourth-order valence-corrected chi connectivity index (χ4v) is 1.63. The first-order valence-electron chi connectivity index (χ1n) is 4.96. The first-order valence-corrected chi connectivity index (χ1v) is 4.96. The monoisotopic (exact) mass is 177 g/mol. The third-order valence-corrected chi connectivity index (χ3v) is 2.56. The van der Waals surface area contributed by atoms with E-state index in [1.807, 2.05) is 0 Å². The van der Waals surface area contributed by atoms with Crippen LogP contribution in [-0.4, -0.2) is 16.5 Å². The molecule has 1 aliphatic carbocycles. The summed E-state index contributed by atoms with van der Waals surface area (Å²) < 4.78 is 0. The van der Waals surface area contributed by atoms with Crippen LogP contribution in [0.25, 0.3) is 0 Å². The smallest absolute Gasteiger partial charge is 0.148 e. The van der Waals surface area contributed by atoms with E-state index < -0.39 is 0 Å². The number of anilines is 1. The van der Waals surface area contributed by atoms with Crippen LogP contribution in [0.3, 0.4) is 0 Å². The van der Waals surface area contributed by atoms with Crippen molar-refractivity contribution in [3.8, 4) is 0 Å². The molecule has 0 aromatic carbocycles. The zero-order valence-electron chi connectivity index (χ0n) is 7.95. The molecule has 1 aromatic rings. The van der Waals surface area contributed by atoms with Crippen LogP contribution in [0.4, 0.5) is 5.82 Å². The summed E-state index contributed by atoms with van der Waals surface area (Å²) in [6, 6.07) is 0. The Morgan fingerprint density at radius 2 is 2.15 bits per heavy atom. The average Bonchev–Trinajstić information content (AvgIpc) is 2.05. The van der Waals surface area contributed by atoms with Crippen molar-refractivity contribution >= 4 is 5.82 Å². The van der Waals surface area contributed by atoms with Crippen molar-refractivity contribution in [3.63, 3.8) is 0 Å². The topological polar surface area (TPSA) is 37.8 Å². The van der Waals surface area contributed by atoms with Gasteiger partial charge >= 0.3 is 0 Å². The minimum absolute atomic E-state index is 0.655. The SMILES string of the molecule is CCNc1nccnc1C1CCC1. The summed E-state index contributed by atoms with van der Waals surface area (Å²) in [5.41, 5.74) is 1.16. The van der Waals surface area contributed by atoms with Gasteiger partial charge in [0.25, 0.3) is 0 Å². The summed E-state index contributed by atoms with van der Waals surface area (Å²) in [5, 5.41) is 3.25. The highest BCUT2D eigenvalue weighted by Gasteiger charge is 2.23. The molecule has 1 heterocycles. The molecule has 1 aliphatic rings. The molecule has 1 N–H and O–H groups in total. The van der Waals surface area contributed by atoms with Crippen LogP contribution in [0.2, 0.25) is 0 Å². The predicted molar refractivity (Wildman–Crippen MR) is 52.8 cm³/mol. The summed E-state index contributed by atoms with van der Waals surface area (Å²) in [4.78, 5) is 8.69. The van der Waals surface area contributed by atoms with Crippen molar-refractivity contribution in [1.82, 2.24) is 9.97 Å². The highest BCUT2D eigenvalue weighted by atomic mass is 15.0. The van der Waals surface area contributed by atoms with Crippen molar-refractivity contribution in [2.45, 2.75) is 32.1 Å². The molecule has 13 heavy (non-hydrogen) atoms. The Balaban J connectivity index is 2.20. The van der Waals surface area contributed by atoms with Gasteiger partial charge < -0.3 is 5.32 Å². The van der Waals surface area contributed by atoms with E-state index in [-0.39, 0.29) is 0 Å².